The lowest BCUT2D eigenvalue weighted by atomic mass is 9.66. The maximum absolute atomic E-state index is 15.1. The Balaban J connectivity index is 1.84. The minimum atomic E-state index is -1.18. The van der Waals surface area contributed by atoms with E-state index in [1.54, 1.807) is 22.0 Å². The number of amides is 3. The van der Waals surface area contributed by atoms with Crippen LogP contribution in [0.2, 0.25) is 0 Å². The van der Waals surface area contributed by atoms with Gasteiger partial charge in [-0.15, -0.1) is 13.2 Å². The number of ether oxygens (including phenoxy) is 1. The van der Waals surface area contributed by atoms with Crippen molar-refractivity contribution in [2.45, 2.75) is 116 Å². The normalized spacial score (nSPS) is 27.9. The Hall–Kier alpha value is -2.97. The fourth-order valence-corrected chi connectivity index (χ4v) is 8.93. The van der Waals surface area contributed by atoms with Crippen LogP contribution in [-0.4, -0.2) is 86.0 Å². The molecule has 3 aliphatic rings. The van der Waals surface area contributed by atoms with Gasteiger partial charge in [-0.25, -0.2) is 0 Å². The number of aliphatic hydroxyl groups excluding tert-OH is 1. The van der Waals surface area contributed by atoms with E-state index in [-0.39, 0.29) is 35.7 Å². The number of rotatable bonds is 14. The van der Waals surface area contributed by atoms with Crippen LogP contribution in [0.25, 0.3) is 0 Å². The van der Waals surface area contributed by atoms with Gasteiger partial charge in [-0.05, 0) is 63.4 Å². The molecule has 0 aliphatic carbocycles. The smallest absolute Gasteiger partial charge is 0.249 e. The third-order valence-corrected chi connectivity index (χ3v) is 10.2. The summed E-state index contributed by atoms with van der Waals surface area (Å²) < 4.78 is 6.97. The third-order valence-electron chi connectivity index (χ3n) is 10.2. The minimum Gasteiger partial charge on any atom is -0.394 e. The maximum Gasteiger partial charge on any atom is 0.249 e. The van der Waals surface area contributed by atoms with Crippen LogP contribution in [0.4, 0.5) is 0 Å². The highest BCUT2D eigenvalue weighted by Gasteiger charge is 2.79. The number of carbonyl (C=O) groups excluding carboxylic acids is 3. The van der Waals surface area contributed by atoms with Gasteiger partial charge in [0.15, 0.2) is 0 Å². The van der Waals surface area contributed by atoms with Gasteiger partial charge < -0.3 is 24.5 Å². The first-order valence-corrected chi connectivity index (χ1v) is 17.0. The lowest BCUT2D eigenvalue weighted by Crippen LogP contribution is -2.62. The van der Waals surface area contributed by atoms with Crippen molar-refractivity contribution in [3.8, 4) is 0 Å². The van der Waals surface area contributed by atoms with E-state index in [2.05, 4.69) is 47.8 Å². The predicted octanol–water partition coefficient (Wildman–Crippen LogP) is 5.60. The van der Waals surface area contributed by atoms with Crippen molar-refractivity contribution in [3.05, 3.63) is 61.2 Å². The number of hydrogen-bond acceptors (Lipinski definition) is 5. The van der Waals surface area contributed by atoms with E-state index < -0.39 is 40.7 Å². The van der Waals surface area contributed by atoms with Gasteiger partial charge in [-0.3, -0.25) is 14.4 Å². The average Bonchev–Trinajstić information content (AvgIpc) is 3.53. The van der Waals surface area contributed by atoms with Gasteiger partial charge in [0.1, 0.15) is 11.6 Å². The van der Waals surface area contributed by atoms with Crippen molar-refractivity contribution < 1.29 is 24.2 Å². The Morgan fingerprint density at radius 1 is 1.07 bits per heavy atom. The van der Waals surface area contributed by atoms with Gasteiger partial charge in [-0.1, -0.05) is 77.1 Å². The topological polar surface area (TPSA) is 90.4 Å². The molecule has 3 aliphatic heterocycles. The molecule has 2 bridgehead atoms. The molecule has 1 spiro atoms. The van der Waals surface area contributed by atoms with Crippen LogP contribution in [0.1, 0.15) is 86.6 Å². The third kappa shape index (κ3) is 6.57. The number of nitrogens with zero attached hydrogens (tertiary/aromatic N) is 3. The van der Waals surface area contributed by atoms with E-state index in [1.165, 1.54) is 0 Å². The summed E-state index contributed by atoms with van der Waals surface area (Å²) in [7, 11) is 0. The Labute approximate surface area is 276 Å². The van der Waals surface area contributed by atoms with Crippen molar-refractivity contribution in [2.75, 3.05) is 19.7 Å². The standard InChI is InChI=1S/C38H57N3O5/c1-11-20-39(23-27-16-14-13-15-17-27)32(43)29-30-33(44)41(28(24-42)22-26(3)4)31(38(30)19-18-37(29,10)46-38)34(45)40(21-12-2)36(8,9)25-35(5,6)7/h11-17,26,28-31,42H,1-2,18-25H2,3-10H3/t28-,29-,30+,31?,37+,38?/m1/s1. The van der Waals surface area contributed by atoms with Gasteiger partial charge >= 0.3 is 0 Å². The summed E-state index contributed by atoms with van der Waals surface area (Å²) in [5.41, 5.74) is -1.74. The SMILES string of the molecule is C=CCN(Cc1ccccc1)C(=O)[C@H]1[C@H]2C(=O)N([C@@H](CO)CC(C)C)C(C(=O)N(CC=C)C(C)(C)CC(C)(C)C)C23CC[C@]1(C)O3. The van der Waals surface area contributed by atoms with Crippen molar-refractivity contribution in [3.63, 3.8) is 0 Å². The molecule has 2 unspecified atom stereocenters. The highest BCUT2D eigenvalue weighted by molar-refractivity contribution is 5.99. The molecule has 8 nitrogen and oxygen atoms in total. The summed E-state index contributed by atoms with van der Waals surface area (Å²) in [6.07, 6.45) is 5.72. The van der Waals surface area contributed by atoms with Crippen LogP contribution in [0, 0.1) is 23.2 Å². The van der Waals surface area contributed by atoms with Crippen LogP contribution < -0.4 is 0 Å². The quantitative estimate of drug-likeness (QED) is 0.269. The van der Waals surface area contributed by atoms with E-state index in [0.717, 1.165) is 12.0 Å². The zero-order valence-corrected chi connectivity index (χ0v) is 29.4. The Kier molecular flexibility index (Phi) is 10.3. The van der Waals surface area contributed by atoms with E-state index in [1.807, 2.05) is 56.0 Å². The summed E-state index contributed by atoms with van der Waals surface area (Å²) in [6.45, 7) is 25.2. The molecule has 0 saturated carbocycles. The van der Waals surface area contributed by atoms with Crippen molar-refractivity contribution in [1.29, 1.82) is 0 Å². The molecular weight excluding hydrogens is 578 g/mol. The second kappa shape index (κ2) is 13.3. The maximum atomic E-state index is 15.1. The number of fused-ring (bicyclic) bond motifs is 1. The number of benzene rings is 1. The average molecular weight is 636 g/mol. The zero-order chi connectivity index (χ0) is 34.2. The molecule has 1 aromatic carbocycles. The zero-order valence-electron chi connectivity index (χ0n) is 29.4. The number of likely N-dealkylation sites (tertiary alicyclic amines) is 1. The molecule has 3 saturated heterocycles. The molecule has 0 aromatic heterocycles. The highest BCUT2D eigenvalue weighted by Crippen LogP contribution is 2.64. The summed E-state index contributed by atoms with van der Waals surface area (Å²) in [4.78, 5) is 49.9. The molecule has 46 heavy (non-hydrogen) atoms. The van der Waals surface area contributed by atoms with Crippen LogP contribution in [0.3, 0.4) is 0 Å². The van der Waals surface area contributed by atoms with Crippen molar-refractivity contribution in [2.24, 2.45) is 23.2 Å². The first-order chi connectivity index (χ1) is 21.5. The summed E-state index contributed by atoms with van der Waals surface area (Å²) in [5, 5.41) is 10.7. The summed E-state index contributed by atoms with van der Waals surface area (Å²) in [5.74, 6) is -2.09. The molecule has 1 aromatic rings. The molecular formula is C38H57N3O5. The number of hydrogen-bond donors (Lipinski definition) is 1. The molecule has 8 heteroatoms. The molecule has 3 heterocycles. The largest absolute Gasteiger partial charge is 0.394 e. The molecule has 254 valence electrons. The van der Waals surface area contributed by atoms with Crippen LogP contribution in [-0.2, 0) is 25.7 Å². The van der Waals surface area contributed by atoms with Gasteiger partial charge in [0, 0.05) is 25.2 Å². The first-order valence-electron chi connectivity index (χ1n) is 17.0. The van der Waals surface area contributed by atoms with Crippen LogP contribution in [0.15, 0.2) is 55.6 Å². The van der Waals surface area contributed by atoms with E-state index in [4.69, 9.17) is 4.74 Å². The second-order valence-corrected chi connectivity index (χ2v) is 16.2. The molecule has 3 fully saturated rings. The molecule has 4 rings (SSSR count). The summed E-state index contributed by atoms with van der Waals surface area (Å²) >= 11 is 0. The van der Waals surface area contributed by atoms with Crippen LogP contribution in [0.5, 0.6) is 0 Å². The fourth-order valence-electron chi connectivity index (χ4n) is 8.93. The predicted molar refractivity (Wildman–Crippen MR) is 182 cm³/mol. The lowest BCUT2D eigenvalue weighted by molar-refractivity contribution is -0.160. The minimum absolute atomic E-state index is 0.0683. The van der Waals surface area contributed by atoms with E-state index in [0.29, 0.717) is 38.9 Å². The van der Waals surface area contributed by atoms with Gasteiger partial charge in [0.25, 0.3) is 0 Å². The van der Waals surface area contributed by atoms with Crippen molar-refractivity contribution >= 4 is 17.7 Å². The van der Waals surface area contributed by atoms with Crippen LogP contribution >= 0.6 is 0 Å². The number of aliphatic hydroxyl groups is 1. The van der Waals surface area contributed by atoms with Gasteiger partial charge in [-0.2, -0.15) is 0 Å². The Morgan fingerprint density at radius 2 is 1.70 bits per heavy atom. The van der Waals surface area contributed by atoms with E-state index in [9.17, 15) is 14.7 Å². The highest BCUT2D eigenvalue weighted by atomic mass is 16.5. The molecule has 1 N–H and O–H groups in total. The molecule has 0 radical (unpaired) electrons. The first kappa shape index (κ1) is 35.9. The van der Waals surface area contributed by atoms with Gasteiger partial charge in [0.2, 0.25) is 17.7 Å². The second-order valence-electron chi connectivity index (χ2n) is 16.2. The van der Waals surface area contributed by atoms with Crippen molar-refractivity contribution in [1.82, 2.24) is 14.7 Å². The fraction of sp³-hybridized carbons (Fsp3) is 0.658. The Bertz CT molecular complexity index is 1300. The summed E-state index contributed by atoms with van der Waals surface area (Å²) in [6, 6.07) is 8.22. The number of carbonyl (C=O) groups is 3. The monoisotopic (exact) mass is 635 g/mol. The lowest BCUT2D eigenvalue weighted by Gasteiger charge is -2.46. The molecule has 3 amide bonds. The molecule has 6 atom stereocenters. The Morgan fingerprint density at radius 3 is 2.24 bits per heavy atom. The van der Waals surface area contributed by atoms with Gasteiger partial charge in [0.05, 0.1) is 30.1 Å². The van der Waals surface area contributed by atoms with E-state index >= 15 is 4.79 Å².